The number of carbonyl (C=O) groups is 1. The predicted octanol–water partition coefficient (Wildman–Crippen LogP) is 3.74. The van der Waals surface area contributed by atoms with Crippen molar-refractivity contribution in [3.63, 3.8) is 0 Å². The van der Waals surface area contributed by atoms with Crippen LogP contribution in [0.15, 0.2) is 18.2 Å². The summed E-state index contributed by atoms with van der Waals surface area (Å²) >= 11 is -2.36. The Bertz CT molecular complexity index is 745. The Morgan fingerprint density at radius 2 is 1.61 bits per heavy atom. The summed E-state index contributed by atoms with van der Waals surface area (Å²) in [7, 11) is 0. The van der Waals surface area contributed by atoms with Crippen LogP contribution in [0.2, 0.25) is 0 Å². The van der Waals surface area contributed by atoms with Crippen molar-refractivity contribution in [3.8, 4) is 0 Å². The van der Waals surface area contributed by atoms with Crippen molar-refractivity contribution < 1.29 is 31.1 Å². The minimum atomic E-state index is -4.77. The van der Waals surface area contributed by atoms with Gasteiger partial charge in [-0.2, -0.15) is 13.2 Å². The SMILES string of the molecule is NS(=O)[O-].O=C(Nc1ccc(F)c(C(F)(F)F)c1)C12CC3CC(CC(C3)C1)C2. The van der Waals surface area contributed by atoms with Crippen molar-refractivity contribution in [2.24, 2.45) is 28.3 Å². The molecule has 5 rings (SSSR count). The summed E-state index contributed by atoms with van der Waals surface area (Å²) in [5.41, 5.74) is -1.77. The topological polar surface area (TPSA) is 95.2 Å². The van der Waals surface area contributed by atoms with E-state index in [9.17, 15) is 22.4 Å². The molecule has 4 aliphatic rings. The largest absolute Gasteiger partial charge is 0.760 e. The van der Waals surface area contributed by atoms with Crippen molar-refractivity contribution in [1.82, 2.24) is 0 Å². The van der Waals surface area contributed by atoms with Crippen LogP contribution in [0.3, 0.4) is 0 Å². The van der Waals surface area contributed by atoms with Crippen LogP contribution >= 0.6 is 0 Å². The summed E-state index contributed by atoms with van der Waals surface area (Å²) in [4.78, 5) is 12.8. The summed E-state index contributed by atoms with van der Waals surface area (Å²) in [6, 6.07) is 2.65. The van der Waals surface area contributed by atoms with Gasteiger partial charge in [0.05, 0.1) is 11.0 Å². The summed E-state index contributed by atoms with van der Waals surface area (Å²) in [5, 5.41) is 6.66. The highest BCUT2D eigenvalue weighted by Crippen LogP contribution is 2.60. The number of anilines is 1. The van der Waals surface area contributed by atoms with E-state index in [1.807, 2.05) is 0 Å². The van der Waals surface area contributed by atoms with Gasteiger partial charge in [-0.3, -0.25) is 14.1 Å². The maximum Gasteiger partial charge on any atom is 0.419 e. The fourth-order valence-electron chi connectivity index (χ4n) is 5.47. The van der Waals surface area contributed by atoms with Crippen LogP contribution in [-0.4, -0.2) is 14.7 Å². The number of rotatable bonds is 2. The molecule has 0 radical (unpaired) electrons. The predicted molar refractivity (Wildman–Crippen MR) is 93.7 cm³/mol. The Morgan fingerprint density at radius 1 is 1.14 bits per heavy atom. The second kappa shape index (κ2) is 7.72. The standard InChI is InChI=1S/C18H19F4NO.H3NO2S/c19-15-2-1-13(6-14(15)18(20,21)22)23-16(24)17-7-10-3-11(8-17)5-12(4-10)9-17;1-4(2)3/h1-2,6,10-12H,3-5,7-9H2,(H,23,24);1H2,(H,2,3)/p-1. The third-order valence-electron chi connectivity index (χ3n) is 6.05. The molecule has 0 aromatic heterocycles. The number of carbonyl (C=O) groups excluding carboxylic acids is 1. The smallest absolute Gasteiger partial charge is 0.419 e. The molecule has 4 bridgehead atoms. The monoisotopic (exact) mass is 421 g/mol. The van der Waals surface area contributed by atoms with Gasteiger partial charge >= 0.3 is 6.18 Å². The van der Waals surface area contributed by atoms with Crippen molar-refractivity contribution in [1.29, 1.82) is 0 Å². The molecule has 1 unspecified atom stereocenters. The van der Waals surface area contributed by atoms with Crippen LogP contribution in [-0.2, 0) is 22.2 Å². The normalized spacial score (nSPS) is 31.7. The molecule has 4 aliphatic carbocycles. The van der Waals surface area contributed by atoms with Crippen LogP contribution in [0.1, 0.15) is 44.1 Å². The molecule has 3 N–H and O–H groups in total. The first kappa shape index (κ1) is 21.2. The molecule has 1 aromatic rings. The summed E-state index contributed by atoms with van der Waals surface area (Å²) in [6.45, 7) is 0. The fourth-order valence-corrected chi connectivity index (χ4v) is 5.47. The first-order valence-electron chi connectivity index (χ1n) is 9.00. The molecule has 0 spiro atoms. The van der Waals surface area contributed by atoms with Gasteiger partial charge in [0.15, 0.2) is 0 Å². The second-order valence-corrected chi connectivity index (χ2v) is 8.63. The van der Waals surface area contributed by atoms with Crippen LogP contribution < -0.4 is 10.5 Å². The van der Waals surface area contributed by atoms with E-state index in [0.29, 0.717) is 23.8 Å². The van der Waals surface area contributed by atoms with Crippen molar-refractivity contribution in [2.75, 3.05) is 5.32 Å². The molecule has 156 valence electrons. The molecule has 4 saturated carbocycles. The molecule has 0 heterocycles. The molecule has 0 aliphatic heterocycles. The number of nitrogens with two attached hydrogens (primary N) is 1. The van der Waals surface area contributed by atoms with E-state index in [1.165, 1.54) is 25.3 Å². The third kappa shape index (κ3) is 4.55. The number of benzene rings is 1. The number of nitrogens with one attached hydrogen (secondary N) is 1. The molecule has 1 amide bonds. The average molecular weight is 421 g/mol. The number of halogens is 4. The quantitative estimate of drug-likeness (QED) is 0.563. The van der Waals surface area contributed by atoms with Crippen LogP contribution in [0.25, 0.3) is 0 Å². The zero-order valence-electron chi connectivity index (χ0n) is 14.9. The summed E-state index contributed by atoms with van der Waals surface area (Å²) < 4.78 is 69.4. The van der Waals surface area contributed by atoms with Crippen LogP contribution in [0, 0.1) is 29.0 Å². The van der Waals surface area contributed by atoms with Gasteiger partial charge in [0.25, 0.3) is 0 Å². The lowest BCUT2D eigenvalue weighted by Gasteiger charge is -2.55. The van der Waals surface area contributed by atoms with Crippen LogP contribution in [0.5, 0.6) is 0 Å². The third-order valence-corrected chi connectivity index (χ3v) is 6.05. The Morgan fingerprint density at radius 3 is 2.04 bits per heavy atom. The minimum absolute atomic E-state index is 0.0180. The van der Waals surface area contributed by atoms with Gasteiger partial charge in [-0.25, -0.2) is 4.39 Å². The number of hydrogen-bond donors (Lipinski definition) is 2. The maximum absolute atomic E-state index is 13.4. The zero-order chi connectivity index (χ0) is 20.7. The molecule has 1 aromatic carbocycles. The van der Waals surface area contributed by atoms with Crippen molar-refractivity contribution >= 4 is 22.9 Å². The second-order valence-electron chi connectivity index (χ2n) is 8.10. The Hall–Kier alpha value is -1.52. The first-order chi connectivity index (χ1) is 13.0. The van der Waals surface area contributed by atoms with Gasteiger partial charge in [0.2, 0.25) is 5.91 Å². The molecular weight excluding hydrogens is 400 g/mol. The van der Waals surface area contributed by atoms with Gasteiger partial charge < -0.3 is 9.87 Å². The maximum atomic E-state index is 13.4. The van der Waals surface area contributed by atoms with E-state index in [2.05, 4.69) is 10.5 Å². The Balaban J connectivity index is 0.000000516. The lowest BCUT2D eigenvalue weighted by atomic mass is 9.49. The summed E-state index contributed by atoms with van der Waals surface area (Å²) in [5.74, 6) is 0.194. The Kier molecular flexibility index (Phi) is 5.84. The number of hydrogen-bond acceptors (Lipinski definition) is 3. The molecule has 5 nitrogen and oxygen atoms in total. The van der Waals surface area contributed by atoms with Crippen LogP contribution in [0.4, 0.5) is 23.2 Å². The lowest BCUT2D eigenvalue weighted by molar-refractivity contribution is -0.141. The molecule has 0 saturated heterocycles. The molecular formula is C18H21F4N2O3S-. The minimum Gasteiger partial charge on any atom is -0.760 e. The fraction of sp³-hybridized carbons (Fsp3) is 0.611. The highest BCUT2D eigenvalue weighted by molar-refractivity contribution is 7.76. The van der Waals surface area contributed by atoms with Gasteiger partial charge in [-0.1, -0.05) is 0 Å². The lowest BCUT2D eigenvalue weighted by Crippen LogP contribution is -2.51. The van der Waals surface area contributed by atoms with E-state index in [0.717, 1.165) is 25.3 Å². The van der Waals surface area contributed by atoms with Gasteiger partial charge in [-0.05, 0) is 74.5 Å². The first-order valence-corrected chi connectivity index (χ1v) is 10.1. The molecule has 10 heteroatoms. The van der Waals surface area contributed by atoms with E-state index in [1.54, 1.807) is 0 Å². The van der Waals surface area contributed by atoms with E-state index in [4.69, 9.17) is 8.76 Å². The molecule has 1 atom stereocenters. The van der Waals surface area contributed by atoms with E-state index >= 15 is 0 Å². The average Bonchev–Trinajstić information content (AvgIpc) is 2.53. The van der Waals surface area contributed by atoms with Gasteiger partial charge in [0, 0.05) is 17.0 Å². The van der Waals surface area contributed by atoms with Crippen molar-refractivity contribution in [3.05, 3.63) is 29.6 Å². The number of alkyl halides is 3. The van der Waals surface area contributed by atoms with E-state index < -0.39 is 34.2 Å². The summed E-state index contributed by atoms with van der Waals surface area (Å²) in [6.07, 6.45) is 1.27. The Labute approximate surface area is 162 Å². The van der Waals surface area contributed by atoms with Crippen molar-refractivity contribution in [2.45, 2.75) is 44.7 Å². The molecule has 28 heavy (non-hydrogen) atoms. The van der Waals surface area contributed by atoms with E-state index in [-0.39, 0.29) is 11.6 Å². The highest BCUT2D eigenvalue weighted by Gasteiger charge is 2.54. The zero-order valence-corrected chi connectivity index (χ0v) is 15.7. The number of amides is 1. The highest BCUT2D eigenvalue weighted by atomic mass is 32.2. The van der Waals surface area contributed by atoms with Gasteiger partial charge in [0.1, 0.15) is 5.82 Å². The molecule has 4 fully saturated rings. The van der Waals surface area contributed by atoms with Gasteiger partial charge in [-0.15, -0.1) is 0 Å².